The van der Waals surface area contributed by atoms with Crippen LogP contribution in [0.5, 0.6) is 0 Å². The molecule has 138 valence electrons. The van der Waals surface area contributed by atoms with Crippen LogP contribution in [-0.4, -0.2) is 59.5 Å². The van der Waals surface area contributed by atoms with Crippen LogP contribution in [0.3, 0.4) is 0 Å². The maximum atomic E-state index is 12.7. The largest absolute Gasteiger partial charge is 0.465 e. The number of hydrogen-bond acceptors (Lipinski definition) is 7. The van der Waals surface area contributed by atoms with Gasteiger partial charge in [0.2, 0.25) is 0 Å². The minimum Gasteiger partial charge on any atom is -0.465 e. The molecule has 0 spiro atoms. The van der Waals surface area contributed by atoms with Gasteiger partial charge in [0.1, 0.15) is 5.60 Å². The molecule has 25 heavy (non-hydrogen) atoms. The third kappa shape index (κ3) is 4.36. The van der Waals surface area contributed by atoms with Crippen molar-refractivity contribution in [2.24, 2.45) is 0 Å². The molecule has 1 saturated heterocycles. The molecule has 1 aromatic rings. The quantitative estimate of drug-likeness (QED) is 0.730. The van der Waals surface area contributed by atoms with Crippen LogP contribution in [0.15, 0.2) is 23.1 Å². The number of amides is 1. The van der Waals surface area contributed by atoms with Gasteiger partial charge >= 0.3 is 5.97 Å². The van der Waals surface area contributed by atoms with Crippen molar-refractivity contribution >= 4 is 27.4 Å². The van der Waals surface area contributed by atoms with Crippen LogP contribution in [0.4, 0.5) is 5.69 Å². The summed E-state index contributed by atoms with van der Waals surface area (Å²) in [6.07, 6.45) is 2.01. The Labute approximate surface area is 146 Å². The summed E-state index contributed by atoms with van der Waals surface area (Å²) < 4.78 is 33.8. The fraction of sp³-hybridized carbons (Fsp3) is 0.500. The highest BCUT2D eigenvalue weighted by molar-refractivity contribution is 7.90. The van der Waals surface area contributed by atoms with E-state index in [0.717, 1.165) is 6.26 Å². The average molecular weight is 370 g/mol. The zero-order chi connectivity index (χ0) is 18.7. The van der Waals surface area contributed by atoms with Crippen molar-refractivity contribution in [3.8, 4) is 0 Å². The molecule has 0 unspecified atom stereocenters. The Hall–Kier alpha value is -1.97. The first kappa shape index (κ1) is 19.4. The van der Waals surface area contributed by atoms with Gasteiger partial charge in [0, 0.05) is 19.1 Å². The van der Waals surface area contributed by atoms with Gasteiger partial charge in [-0.3, -0.25) is 4.79 Å². The van der Waals surface area contributed by atoms with Crippen LogP contribution in [0.1, 0.15) is 23.2 Å². The van der Waals surface area contributed by atoms with Crippen LogP contribution >= 0.6 is 0 Å². The molecular weight excluding hydrogens is 348 g/mol. The van der Waals surface area contributed by atoms with Crippen LogP contribution < -0.4 is 10.6 Å². The van der Waals surface area contributed by atoms with E-state index in [4.69, 9.17) is 4.74 Å². The smallest absolute Gasteiger partial charge is 0.337 e. The lowest BCUT2D eigenvalue weighted by atomic mass is 9.91. The summed E-state index contributed by atoms with van der Waals surface area (Å²) in [5.74, 6) is -1.07. The van der Waals surface area contributed by atoms with Crippen molar-refractivity contribution in [3.05, 3.63) is 23.8 Å². The SMILES string of the molecule is COC(=O)c1cc(NC(=O)C2(OC)CCNCC2)cc(S(C)(=O)=O)c1. The monoisotopic (exact) mass is 370 g/mol. The van der Waals surface area contributed by atoms with Crippen molar-refractivity contribution in [2.75, 3.05) is 38.9 Å². The number of anilines is 1. The number of carbonyl (C=O) groups is 2. The Kier molecular flexibility index (Phi) is 5.81. The lowest BCUT2D eigenvalue weighted by Crippen LogP contribution is -2.51. The molecule has 1 aliphatic rings. The second kappa shape index (κ2) is 7.51. The van der Waals surface area contributed by atoms with Gasteiger partial charge < -0.3 is 20.1 Å². The third-order valence-corrected chi connectivity index (χ3v) is 5.32. The van der Waals surface area contributed by atoms with Crippen LogP contribution in [0.2, 0.25) is 0 Å². The van der Waals surface area contributed by atoms with Gasteiger partial charge in [0.05, 0.1) is 17.6 Å². The van der Waals surface area contributed by atoms with E-state index in [9.17, 15) is 18.0 Å². The Bertz CT molecular complexity index is 769. The van der Waals surface area contributed by atoms with E-state index in [1.54, 1.807) is 0 Å². The van der Waals surface area contributed by atoms with Crippen molar-refractivity contribution in [1.29, 1.82) is 0 Å². The number of nitrogens with one attached hydrogen (secondary N) is 2. The van der Waals surface area contributed by atoms with Crippen LogP contribution in [0, 0.1) is 0 Å². The first-order valence-corrected chi connectivity index (χ1v) is 9.62. The third-order valence-electron chi connectivity index (χ3n) is 4.23. The summed E-state index contributed by atoms with van der Waals surface area (Å²) in [6.45, 7) is 1.27. The molecule has 0 radical (unpaired) electrons. The number of methoxy groups -OCH3 is 2. The van der Waals surface area contributed by atoms with Gasteiger partial charge in [-0.25, -0.2) is 13.2 Å². The van der Waals surface area contributed by atoms with Gasteiger partial charge in [-0.2, -0.15) is 0 Å². The van der Waals surface area contributed by atoms with E-state index in [1.165, 1.54) is 32.4 Å². The van der Waals surface area contributed by atoms with E-state index in [-0.39, 0.29) is 22.1 Å². The maximum Gasteiger partial charge on any atom is 0.337 e. The fourth-order valence-electron chi connectivity index (χ4n) is 2.72. The molecule has 1 amide bonds. The first-order valence-electron chi connectivity index (χ1n) is 7.72. The predicted molar refractivity (Wildman–Crippen MR) is 91.4 cm³/mol. The highest BCUT2D eigenvalue weighted by Gasteiger charge is 2.39. The lowest BCUT2D eigenvalue weighted by Gasteiger charge is -2.34. The van der Waals surface area contributed by atoms with E-state index in [1.807, 2.05) is 0 Å². The normalized spacial score (nSPS) is 16.9. The summed E-state index contributed by atoms with van der Waals surface area (Å²) in [5, 5.41) is 5.82. The van der Waals surface area contributed by atoms with Gasteiger partial charge in [0.15, 0.2) is 9.84 Å². The van der Waals surface area contributed by atoms with Gasteiger partial charge in [-0.15, -0.1) is 0 Å². The second-order valence-electron chi connectivity index (χ2n) is 5.91. The Balaban J connectivity index is 2.37. The molecule has 1 heterocycles. The number of sulfone groups is 1. The molecule has 8 nitrogen and oxygen atoms in total. The van der Waals surface area contributed by atoms with E-state index in [2.05, 4.69) is 15.4 Å². The fourth-order valence-corrected chi connectivity index (χ4v) is 3.40. The molecule has 2 rings (SSSR count). The molecule has 2 N–H and O–H groups in total. The summed E-state index contributed by atoms with van der Waals surface area (Å²) >= 11 is 0. The standard InChI is InChI=1S/C16H22N2O6S/c1-23-14(19)11-8-12(10-13(9-11)25(3,21)22)18-15(20)16(24-2)4-6-17-7-5-16/h8-10,17H,4-7H2,1-3H3,(H,18,20). The predicted octanol–water partition coefficient (Wildman–Crippen LogP) is 0.584. The second-order valence-corrected chi connectivity index (χ2v) is 7.93. The van der Waals surface area contributed by atoms with Crippen molar-refractivity contribution in [1.82, 2.24) is 5.32 Å². The number of carbonyl (C=O) groups excluding carboxylic acids is 2. The van der Waals surface area contributed by atoms with Gasteiger partial charge in [0.25, 0.3) is 5.91 Å². The van der Waals surface area contributed by atoms with Crippen molar-refractivity contribution < 1.29 is 27.5 Å². The molecule has 0 atom stereocenters. The van der Waals surface area contributed by atoms with Crippen LogP contribution in [-0.2, 0) is 24.1 Å². The minimum atomic E-state index is -3.57. The molecule has 0 saturated carbocycles. The van der Waals surface area contributed by atoms with Crippen LogP contribution in [0.25, 0.3) is 0 Å². The Morgan fingerprint density at radius 3 is 2.32 bits per heavy atom. The molecule has 0 aliphatic carbocycles. The summed E-state index contributed by atoms with van der Waals surface area (Å²) in [4.78, 5) is 24.4. The highest BCUT2D eigenvalue weighted by Crippen LogP contribution is 2.26. The number of ether oxygens (including phenoxy) is 2. The van der Waals surface area contributed by atoms with E-state index in [0.29, 0.717) is 25.9 Å². The highest BCUT2D eigenvalue weighted by atomic mass is 32.2. The summed E-state index contributed by atoms with van der Waals surface area (Å²) in [7, 11) is -0.904. The zero-order valence-corrected chi connectivity index (χ0v) is 15.2. The minimum absolute atomic E-state index is 0.0394. The van der Waals surface area contributed by atoms with Gasteiger partial charge in [-0.05, 0) is 44.1 Å². The summed E-state index contributed by atoms with van der Waals surface area (Å²) in [5.41, 5.74) is -0.751. The lowest BCUT2D eigenvalue weighted by molar-refractivity contribution is -0.140. The van der Waals surface area contributed by atoms with Gasteiger partial charge in [-0.1, -0.05) is 0 Å². The topological polar surface area (TPSA) is 111 Å². The van der Waals surface area contributed by atoms with E-state index >= 15 is 0 Å². The molecule has 1 aliphatic heterocycles. The number of benzene rings is 1. The maximum absolute atomic E-state index is 12.7. The molecule has 9 heteroatoms. The Morgan fingerprint density at radius 2 is 1.80 bits per heavy atom. The molecule has 1 aromatic carbocycles. The summed E-state index contributed by atoms with van der Waals surface area (Å²) in [6, 6.07) is 3.90. The van der Waals surface area contributed by atoms with Crippen molar-refractivity contribution in [3.63, 3.8) is 0 Å². The molecule has 0 aromatic heterocycles. The first-order chi connectivity index (χ1) is 11.7. The molecule has 0 bridgehead atoms. The number of esters is 1. The molecule has 1 fully saturated rings. The molecular formula is C16H22N2O6S. The van der Waals surface area contributed by atoms with E-state index < -0.39 is 21.4 Å². The number of rotatable bonds is 5. The van der Waals surface area contributed by atoms with Crippen molar-refractivity contribution in [2.45, 2.75) is 23.3 Å². The average Bonchev–Trinajstić information content (AvgIpc) is 2.60. The number of piperidine rings is 1. The zero-order valence-electron chi connectivity index (χ0n) is 14.4. The number of hydrogen-bond donors (Lipinski definition) is 2. The Morgan fingerprint density at radius 1 is 1.16 bits per heavy atom.